The van der Waals surface area contributed by atoms with E-state index in [9.17, 15) is 4.79 Å². The molecule has 0 fully saturated rings. The fraction of sp³-hybridized carbons (Fsp3) is 0.409. The van der Waals surface area contributed by atoms with Gasteiger partial charge in [-0.2, -0.15) is 10.2 Å². The molecule has 1 aromatic carbocycles. The predicted molar refractivity (Wildman–Crippen MR) is 125 cm³/mol. The highest BCUT2D eigenvalue weighted by Crippen LogP contribution is 2.53. The first-order valence-corrected chi connectivity index (χ1v) is 13.2. The number of esters is 1. The first-order valence-electron chi connectivity index (χ1n) is 9.50. The number of fused-ring (bicyclic) bond motifs is 1. The maximum absolute atomic E-state index is 11.7. The predicted octanol–water partition coefficient (Wildman–Crippen LogP) is 4.37. The molecular weight excluding hydrogens is 436 g/mol. The summed E-state index contributed by atoms with van der Waals surface area (Å²) in [4.78, 5) is 12.8. The summed E-state index contributed by atoms with van der Waals surface area (Å²) in [6.07, 6.45) is 8.99. The zero-order chi connectivity index (χ0) is 21.6. The maximum atomic E-state index is 11.7. The highest BCUT2D eigenvalue weighted by Gasteiger charge is 2.37. The van der Waals surface area contributed by atoms with Crippen molar-refractivity contribution in [3.05, 3.63) is 46.8 Å². The van der Waals surface area contributed by atoms with E-state index in [0.29, 0.717) is 17.9 Å². The van der Waals surface area contributed by atoms with Crippen LogP contribution in [0.5, 0.6) is 5.75 Å². The van der Waals surface area contributed by atoms with Crippen molar-refractivity contribution in [2.45, 2.75) is 28.7 Å². The lowest BCUT2D eigenvalue weighted by Crippen LogP contribution is -2.26. The molecule has 0 aliphatic carbocycles. The zero-order valence-electron chi connectivity index (χ0n) is 17.5. The van der Waals surface area contributed by atoms with Crippen molar-refractivity contribution < 1.29 is 14.3 Å². The minimum Gasteiger partial charge on any atom is -0.493 e. The van der Waals surface area contributed by atoms with Gasteiger partial charge in [-0.15, -0.1) is 35.3 Å². The van der Waals surface area contributed by atoms with Gasteiger partial charge in [0.05, 0.1) is 35.6 Å². The van der Waals surface area contributed by atoms with Crippen LogP contribution in [-0.2, 0) is 20.0 Å². The Hall–Kier alpha value is -1.82. The number of hydrogen-bond donors (Lipinski definition) is 0. The van der Waals surface area contributed by atoms with Gasteiger partial charge in [-0.1, -0.05) is 11.8 Å². The van der Waals surface area contributed by atoms with Gasteiger partial charge >= 0.3 is 5.97 Å². The molecule has 1 aromatic heterocycles. The number of aromatic nitrogens is 2. The van der Waals surface area contributed by atoms with Gasteiger partial charge in [-0.05, 0) is 43.9 Å². The largest absolute Gasteiger partial charge is 0.493 e. The normalized spacial score (nSPS) is 14.1. The van der Waals surface area contributed by atoms with Crippen LogP contribution in [0.3, 0.4) is 0 Å². The Morgan fingerprint density at radius 3 is 2.73 bits per heavy atom. The van der Waals surface area contributed by atoms with E-state index < -0.39 is 0 Å². The fourth-order valence-electron chi connectivity index (χ4n) is 3.25. The van der Waals surface area contributed by atoms with E-state index in [2.05, 4.69) is 46.7 Å². The zero-order valence-corrected chi connectivity index (χ0v) is 19.9. The molecule has 0 saturated heterocycles. The molecule has 0 bridgehead atoms. The lowest BCUT2D eigenvalue weighted by Gasteiger charge is -2.36. The van der Waals surface area contributed by atoms with Gasteiger partial charge in [0.2, 0.25) is 0 Å². The second-order valence-electron chi connectivity index (χ2n) is 6.48. The first-order chi connectivity index (χ1) is 14.5. The van der Waals surface area contributed by atoms with Crippen molar-refractivity contribution in [2.75, 3.05) is 32.0 Å². The number of hydrogen-bond acceptors (Lipinski definition) is 8. The summed E-state index contributed by atoms with van der Waals surface area (Å²) in [5, 5.41) is 7.98. The van der Waals surface area contributed by atoms with Crippen LogP contribution in [0.2, 0.25) is 0 Å². The Morgan fingerprint density at radius 1 is 1.23 bits per heavy atom. The van der Waals surface area contributed by atoms with Crippen LogP contribution in [0.4, 0.5) is 0 Å². The summed E-state index contributed by atoms with van der Waals surface area (Å²) in [5.41, 5.74) is 3.41. The average Bonchev–Trinajstić information content (AvgIpc) is 2.77. The molecule has 3 rings (SSSR count). The van der Waals surface area contributed by atoms with E-state index in [0.717, 1.165) is 29.2 Å². The second-order valence-corrected chi connectivity index (χ2v) is 9.79. The van der Waals surface area contributed by atoms with Crippen LogP contribution < -0.4 is 4.74 Å². The smallest absolute Gasteiger partial charge is 0.311 e. The molecule has 0 N–H and O–H groups in total. The van der Waals surface area contributed by atoms with Gasteiger partial charge in [0.1, 0.15) is 5.75 Å². The fourth-order valence-corrected chi connectivity index (χ4v) is 5.80. The van der Waals surface area contributed by atoms with E-state index >= 15 is 0 Å². The molecule has 0 atom stereocenters. The van der Waals surface area contributed by atoms with Gasteiger partial charge in [-0.25, -0.2) is 0 Å². The third-order valence-electron chi connectivity index (χ3n) is 4.74. The third kappa shape index (κ3) is 5.08. The van der Waals surface area contributed by atoms with Crippen LogP contribution in [0.25, 0.3) is 0 Å². The second kappa shape index (κ2) is 10.5. The van der Waals surface area contributed by atoms with Gasteiger partial charge in [-0.3, -0.25) is 4.79 Å². The highest BCUT2D eigenvalue weighted by molar-refractivity contribution is 8.16. The number of ether oxygens (including phenoxy) is 2. The van der Waals surface area contributed by atoms with E-state index in [1.165, 1.54) is 5.56 Å². The lowest BCUT2D eigenvalue weighted by atomic mass is 10.0. The standard InChI is InChI=1S/C22H24N2O3S3/c1-5-26-21(25)12-17-10-15(14-23-24-17)6-7-16-11-18-19(13-20(16)28-2)27-9-8-22(18,29-3)30-4/h10-11,13-14H,5,8-9,12H2,1-4H3. The van der Waals surface area contributed by atoms with Crippen molar-refractivity contribution in [3.8, 4) is 17.6 Å². The molecule has 0 saturated carbocycles. The number of rotatable bonds is 6. The Labute approximate surface area is 190 Å². The summed E-state index contributed by atoms with van der Waals surface area (Å²) in [6.45, 7) is 2.85. The SMILES string of the molecule is CCOC(=O)Cc1cc(C#Cc2cc3c(cc2SC)OCCC3(SC)SC)cnn1. The minimum atomic E-state index is -0.318. The number of carbonyl (C=O) groups is 1. The Bertz CT molecular complexity index is 981. The molecule has 8 heteroatoms. The number of nitrogens with zero attached hydrogens (tertiary/aromatic N) is 2. The summed E-state index contributed by atoms with van der Waals surface area (Å²) in [5.74, 6) is 7.10. The third-order valence-corrected chi connectivity index (χ3v) is 8.68. The summed E-state index contributed by atoms with van der Waals surface area (Å²) in [6, 6.07) is 6.04. The molecule has 0 amide bonds. The minimum absolute atomic E-state index is 0.0218. The van der Waals surface area contributed by atoms with Crippen LogP contribution in [0, 0.1) is 11.8 Å². The van der Waals surface area contributed by atoms with Crippen LogP contribution in [-0.4, -0.2) is 48.1 Å². The quantitative estimate of drug-likeness (QED) is 0.273. The van der Waals surface area contributed by atoms with Crippen molar-refractivity contribution in [2.24, 2.45) is 0 Å². The van der Waals surface area contributed by atoms with Crippen LogP contribution in [0.15, 0.2) is 29.3 Å². The lowest BCUT2D eigenvalue weighted by molar-refractivity contribution is -0.142. The van der Waals surface area contributed by atoms with Gasteiger partial charge in [0.25, 0.3) is 0 Å². The first kappa shape index (κ1) is 22.9. The van der Waals surface area contributed by atoms with Crippen molar-refractivity contribution in [3.63, 3.8) is 0 Å². The van der Waals surface area contributed by atoms with Gasteiger partial charge in [0.15, 0.2) is 0 Å². The molecule has 0 radical (unpaired) electrons. The molecule has 30 heavy (non-hydrogen) atoms. The van der Waals surface area contributed by atoms with E-state index in [-0.39, 0.29) is 16.5 Å². The number of thioether (sulfide) groups is 3. The Balaban J connectivity index is 1.95. The molecule has 0 unspecified atom stereocenters. The molecule has 158 valence electrons. The van der Waals surface area contributed by atoms with E-state index in [1.807, 2.05) is 29.8 Å². The number of benzene rings is 1. The molecule has 2 heterocycles. The Morgan fingerprint density at radius 2 is 2.03 bits per heavy atom. The monoisotopic (exact) mass is 460 g/mol. The summed E-state index contributed by atoms with van der Waals surface area (Å²) < 4.78 is 10.9. The van der Waals surface area contributed by atoms with Crippen molar-refractivity contribution in [1.29, 1.82) is 0 Å². The average molecular weight is 461 g/mol. The van der Waals surface area contributed by atoms with E-state index in [1.54, 1.807) is 30.9 Å². The van der Waals surface area contributed by atoms with Gasteiger partial charge in [0, 0.05) is 28.0 Å². The number of carbonyl (C=O) groups excluding carboxylic acids is 1. The molecule has 2 aromatic rings. The van der Waals surface area contributed by atoms with Crippen LogP contribution >= 0.6 is 35.3 Å². The van der Waals surface area contributed by atoms with Gasteiger partial charge < -0.3 is 9.47 Å². The van der Waals surface area contributed by atoms with Crippen LogP contribution in [0.1, 0.15) is 35.7 Å². The summed E-state index contributed by atoms with van der Waals surface area (Å²) in [7, 11) is 0. The summed E-state index contributed by atoms with van der Waals surface area (Å²) >= 11 is 5.35. The molecular formula is C22H24N2O3S3. The molecule has 5 nitrogen and oxygen atoms in total. The topological polar surface area (TPSA) is 61.3 Å². The maximum Gasteiger partial charge on any atom is 0.311 e. The Kier molecular flexibility index (Phi) is 7.98. The molecule has 0 spiro atoms. The van der Waals surface area contributed by atoms with E-state index in [4.69, 9.17) is 9.47 Å². The van der Waals surface area contributed by atoms with Crippen molar-refractivity contribution >= 4 is 41.3 Å². The molecule has 1 aliphatic heterocycles. The molecule has 1 aliphatic rings. The van der Waals surface area contributed by atoms with Crippen molar-refractivity contribution in [1.82, 2.24) is 10.2 Å². The highest BCUT2D eigenvalue weighted by atomic mass is 32.2.